The smallest absolute Gasteiger partial charge is 0.374 e. The topological polar surface area (TPSA) is 9.23 Å². The van der Waals surface area contributed by atoms with Crippen LogP contribution in [0.15, 0.2) is 12.1 Å². The zero-order chi connectivity index (χ0) is 8.43. The Morgan fingerprint density at radius 1 is 1.09 bits per heavy atom. The molecule has 0 aliphatic rings. The third kappa shape index (κ3) is 1.56. The third-order valence-electron chi connectivity index (χ3n) is 1.72. The van der Waals surface area contributed by atoms with E-state index in [4.69, 9.17) is 12.7 Å². The van der Waals surface area contributed by atoms with Crippen LogP contribution in [0.25, 0.3) is 0 Å². The Bertz CT molecular complexity index is 245. The van der Waals surface area contributed by atoms with E-state index in [2.05, 4.69) is 19.1 Å². The molecule has 11 heavy (non-hydrogen) atoms. The van der Waals surface area contributed by atoms with Gasteiger partial charge in [-0.1, -0.05) is 17.7 Å². The standard InChI is InChI=1S/C9H11BO/c1-6-4-7(2)9(11-10)8(3)5-6/h4-5H,1-3H3. The maximum absolute atomic E-state index is 5.10. The van der Waals surface area contributed by atoms with Crippen molar-refractivity contribution < 1.29 is 4.65 Å². The number of rotatable bonds is 1. The summed E-state index contributed by atoms with van der Waals surface area (Å²) in [4.78, 5) is 0. The molecule has 0 aromatic heterocycles. The van der Waals surface area contributed by atoms with Crippen LogP contribution in [-0.2, 0) is 0 Å². The van der Waals surface area contributed by atoms with Gasteiger partial charge in [0, 0.05) is 0 Å². The molecule has 0 N–H and O–H groups in total. The number of benzene rings is 1. The van der Waals surface area contributed by atoms with E-state index in [0.717, 1.165) is 16.9 Å². The number of aryl methyl sites for hydroxylation is 3. The van der Waals surface area contributed by atoms with Gasteiger partial charge in [-0.3, -0.25) is 0 Å². The predicted octanol–water partition coefficient (Wildman–Crippen LogP) is 2.07. The van der Waals surface area contributed by atoms with Gasteiger partial charge in [-0.25, -0.2) is 0 Å². The molecule has 1 aromatic carbocycles. The second kappa shape index (κ2) is 2.99. The van der Waals surface area contributed by atoms with Crippen LogP contribution < -0.4 is 4.65 Å². The van der Waals surface area contributed by atoms with Crippen molar-refractivity contribution in [3.8, 4) is 5.75 Å². The largest absolute Gasteiger partial charge is 0.567 e. The molecule has 0 saturated heterocycles. The lowest BCUT2D eigenvalue weighted by atomic mass is 10.1. The van der Waals surface area contributed by atoms with Gasteiger partial charge in [0.15, 0.2) is 0 Å². The summed E-state index contributed by atoms with van der Waals surface area (Å²) < 4.78 is 4.73. The van der Waals surface area contributed by atoms with Gasteiger partial charge in [-0.05, 0) is 31.9 Å². The quantitative estimate of drug-likeness (QED) is 0.551. The SMILES string of the molecule is [B]Oc1c(C)cc(C)cc1C. The van der Waals surface area contributed by atoms with Crippen molar-refractivity contribution in [3.63, 3.8) is 0 Å². The fourth-order valence-corrected chi connectivity index (χ4v) is 1.35. The van der Waals surface area contributed by atoms with E-state index in [0.29, 0.717) is 0 Å². The minimum atomic E-state index is 0.788. The van der Waals surface area contributed by atoms with Crippen molar-refractivity contribution in [2.75, 3.05) is 0 Å². The lowest BCUT2D eigenvalue weighted by molar-refractivity contribution is 0.604. The average molecular weight is 146 g/mol. The Kier molecular flexibility index (Phi) is 2.23. The van der Waals surface area contributed by atoms with Gasteiger partial charge >= 0.3 is 8.05 Å². The molecule has 0 heterocycles. The van der Waals surface area contributed by atoms with E-state index in [1.54, 1.807) is 0 Å². The molecule has 0 spiro atoms. The van der Waals surface area contributed by atoms with E-state index in [1.165, 1.54) is 5.56 Å². The van der Waals surface area contributed by atoms with Crippen LogP contribution in [0.2, 0.25) is 0 Å². The molecule has 0 aliphatic heterocycles. The van der Waals surface area contributed by atoms with Gasteiger partial charge < -0.3 is 4.65 Å². The highest BCUT2D eigenvalue weighted by Gasteiger charge is 2.01. The van der Waals surface area contributed by atoms with Gasteiger partial charge in [0.1, 0.15) is 5.75 Å². The van der Waals surface area contributed by atoms with Crippen LogP contribution in [0, 0.1) is 20.8 Å². The van der Waals surface area contributed by atoms with Gasteiger partial charge in [0.25, 0.3) is 0 Å². The van der Waals surface area contributed by atoms with Crippen LogP contribution in [0.4, 0.5) is 0 Å². The number of hydrogen-bond donors (Lipinski definition) is 0. The summed E-state index contributed by atoms with van der Waals surface area (Å²) in [6.07, 6.45) is 0. The van der Waals surface area contributed by atoms with Gasteiger partial charge in [0.2, 0.25) is 0 Å². The van der Waals surface area contributed by atoms with Gasteiger partial charge in [-0.2, -0.15) is 0 Å². The molecule has 0 amide bonds. The molecule has 0 saturated carbocycles. The highest BCUT2D eigenvalue weighted by Crippen LogP contribution is 2.23. The van der Waals surface area contributed by atoms with Crippen molar-refractivity contribution in [1.82, 2.24) is 0 Å². The Hall–Kier alpha value is -0.915. The van der Waals surface area contributed by atoms with Crippen molar-refractivity contribution in [2.24, 2.45) is 0 Å². The molecule has 0 fully saturated rings. The molecular formula is C9H11BO. The van der Waals surface area contributed by atoms with Crippen molar-refractivity contribution in [3.05, 3.63) is 28.8 Å². The summed E-state index contributed by atoms with van der Waals surface area (Å²) in [5, 5.41) is 0. The highest BCUT2D eigenvalue weighted by molar-refractivity contribution is 6.00. The second-order valence-corrected chi connectivity index (χ2v) is 2.85. The first-order chi connectivity index (χ1) is 5.15. The van der Waals surface area contributed by atoms with E-state index >= 15 is 0 Å². The Balaban J connectivity index is 3.25. The van der Waals surface area contributed by atoms with Crippen LogP contribution in [0.3, 0.4) is 0 Å². The number of hydrogen-bond acceptors (Lipinski definition) is 1. The van der Waals surface area contributed by atoms with E-state index < -0.39 is 0 Å². The van der Waals surface area contributed by atoms with Crippen LogP contribution in [-0.4, -0.2) is 8.05 Å². The van der Waals surface area contributed by atoms with Gasteiger partial charge in [0.05, 0.1) is 0 Å². The molecule has 0 unspecified atom stereocenters. The lowest BCUT2D eigenvalue weighted by Gasteiger charge is -2.09. The summed E-state index contributed by atoms with van der Waals surface area (Å²) in [7, 11) is 5.10. The summed E-state index contributed by atoms with van der Waals surface area (Å²) in [5.41, 5.74) is 3.41. The molecule has 2 radical (unpaired) electrons. The van der Waals surface area contributed by atoms with Crippen molar-refractivity contribution in [1.29, 1.82) is 0 Å². The van der Waals surface area contributed by atoms with E-state index in [-0.39, 0.29) is 0 Å². The summed E-state index contributed by atoms with van der Waals surface area (Å²) >= 11 is 0. The fourth-order valence-electron chi connectivity index (χ4n) is 1.35. The normalized spacial score (nSPS) is 9.73. The molecule has 1 nitrogen and oxygen atoms in total. The van der Waals surface area contributed by atoms with E-state index in [9.17, 15) is 0 Å². The third-order valence-corrected chi connectivity index (χ3v) is 1.72. The average Bonchev–Trinajstić information content (AvgIpc) is 1.85. The minimum Gasteiger partial charge on any atom is -0.567 e. The first-order valence-electron chi connectivity index (χ1n) is 3.59. The maximum atomic E-state index is 5.10. The fraction of sp³-hybridized carbons (Fsp3) is 0.333. The monoisotopic (exact) mass is 146 g/mol. The Labute approximate surface area is 68.8 Å². The second-order valence-electron chi connectivity index (χ2n) is 2.85. The minimum absolute atomic E-state index is 0.788. The zero-order valence-electron chi connectivity index (χ0n) is 7.14. The molecule has 1 rings (SSSR count). The molecule has 0 bridgehead atoms. The Morgan fingerprint density at radius 3 is 1.91 bits per heavy atom. The first kappa shape index (κ1) is 8.18. The molecule has 0 aliphatic carbocycles. The molecule has 2 heteroatoms. The van der Waals surface area contributed by atoms with Crippen LogP contribution in [0.1, 0.15) is 16.7 Å². The maximum Gasteiger partial charge on any atom is 0.374 e. The predicted molar refractivity (Wildman–Crippen MR) is 47.0 cm³/mol. The molecule has 56 valence electrons. The Morgan fingerprint density at radius 2 is 1.55 bits per heavy atom. The highest BCUT2D eigenvalue weighted by atomic mass is 16.4. The molecule has 1 aromatic rings. The van der Waals surface area contributed by atoms with Gasteiger partial charge in [-0.15, -0.1) is 0 Å². The molecule has 0 atom stereocenters. The first-order valence-corrected chi connectivity index (χ1v) is 3.59. The van der Waals surface area contributed by atoms with Crippen LogP contribution in [0.5, 0.6) is 5.75 Å². The van der Waals surface area contributed by atoms with Crippen molar-refractivity contribution >= 4 is 8.05 Å². The summed E-state index contributed by atoms with van der Waals surface area (Å²) in [6.45, 7) is 6.03. The summed E-state index contributed by atoms with van der Waals surface area (Å²) in [5.74, 6) is 0.788. The van der Waals surface area contributed by atoms with E-state index in [1.807, 2.05) is 13.8 Å². The lowest BCUT2D eigenvalue weighted by Crippen LogP contribution is -1.92. The molecular weight excluding hydrogens is 135 g/mol. The van der Waals surface area contributed by atoms with Crippen LogP contribution >= 0.6 is 0 Å². The van der Waals surface area contributed by atoms with Crippen molar-refractivity contribution in [2.45, 2.75) is 20.8 Å². The zero-order valence-corrected chi connectivity index (χ0v) is 7.14. The summed E-state index contributed by atoms with van der Waals surface area (Å²) in [6, 6.07) is 4.10.